The van der Waals surface area contributed by atoms with E-state index in [1.54, 1.807) is 6.92 Å². The number of esters is 1. The van der Waals surface area contributed by atoms with Crippen LogP contribution in [0.2, 0.25) is 0 Å². The Hall–Kier alpha value is -1.76. The predicted octanol–water partition coefficient (Wildman–Crippen LogP) is 2.08. The number of ether oxygens (including phenoxy) is 1. The molecular formula is C14H17N3O3S. The minimum atomic E-state index is -0.211. The molecule has 0 spiro atoms. The third-order valence-electron chi connectivity index (χ3n) is 3.70. The number of carbonyl (C=O) groups excluding carboxylic acids is 1. The summed E-state index contributed by atoms with van der Waals surface area (Å²) < 4.78 is 6.50. The van der Waals surface area contributed by atoms with Gasteiger partial charge in [-0.1, -0.05) is 24.2 Å². The van der Waals surface area contributed by atoms with Crippen LogP contribution in [0.25, 0.3) is 4.96 Å². The van der Waals surface area contributed by atoms with Crippen LogP contribution in [0.5, 0.6) is 0 Å². The quantitative estimate of drug-likeness (QED) is 0.809. The van der Waals surface area contributed by atoms with E-state index in [1.807, 2.05) is 0 Å². The highest BCUT2D eigenvalue weighted by atomic mass is 32.1. The second-order valence-electron chi connectivity index (χ2n) is 5.44. The first-order chi connectivity index (χ1) is 10.1. The van der Waals surface area contributed by atoms with Gasteiger partial charge in [0, 0.05) is 18.2 Å². The Labute approximate surface area is 125 Å². The molecule has 6 nitrogen and oxygen atoms in total. The number of rotatable bonds is 4. The van der Waals surface area contributed by atoms with Gasteiger partial charge in [0.05, 0.1) is 0 Å². The lowest BCUT2D eigenvalue weighted by atomic mass is 10.1. The zero-order valence-electron chi connectivity index (χ0n) is 11.9. The second-order valence-corrected chi connectivity index (χ2v) is 6.48. The number of fused-ring (bicyclic) bond motifs is 1. The molecule has 1 aliphatic carbocycles. The van der Waals surface area contributed by atoms with E-state index in [1.165, 1.54) is 34.8 Å². The van der Waals surface area contributed by atoms with Gasteiger partial charge in [-0.25, -0.2) is 4.98 Å². The average Bonchev–Trinajstić information content (AvgIpc) is 3.05. The van der Waals surface area contributed by atoms with Crippen LogP contribution in [-0.2, 0) is 16.1 Å². The molecule has 0 aromatic carbocycles. The Bertz CT molecular complexity index is 716. The van der Waals surface area contributed by atoms with Gasteiger partial charge >= 0.3 is 5.97 Å². The SMILES string of the molecule is Cc1cc(=O)n2nc(COC(=O)CC3CCCC3)sc2n1. The number of nitrogens with zero attached hydrogens (tertiary/aromatic N) is 3. The van der Waals surface area contributed by atoms with Crippen molar-refractivity contribution in [1.29, 1.82) is 0 Å². The Morgan fingerprint density at radius 2 is 2.24 bits per heavy atom. The van der Waals surface area contributed by atoms with Gasteiger partial charge in [0.2, 0.25) is 4.96 Å². The van der Waals surface area contributed by atoms with Crippen molar-refractivity contribution < 1.29 is 9.53 Å². The Kier molecular flexibility index (Phi) is 4.01. The fraction of sp³-hybridized carbons (Fsp3) is 0.571. The first-order valence-electron chi connectivity index (χ1n) is 7.14. The number of aromatic nitrogens is 3. The maximum Gasteiger partial charge on any atom is 0.306 e. The third kappa shape index (κ3) is 3.29. The topological polar surface area (TPSA) is 73.6 Å². The Morgan fingerprint density at radius 1 is 1.48 bits per heavy atom. The summed E-state index contributed by atoms with van der Waals surface area (Å²) in [6, 6.07) is 1.43. The lowest BCUT2D eigenvalue weighted by Gasteiger charge is -2.07. The molecule has 1 fully saturated rings. The fourth-order valence-electron chi connectivity index (χ4n) is 2.67. The molecule has 0 aliphatic heterocycles. The number of hydrogen-bond acceptors (Lipinski definition) is 6. The summed E-state index contributed by atoms with van der Waals surface area (Å²) in [5.74, 6) is 0.289. The summed E-state index contributed by atoms with van der Waals surface area (Å²) >= 11 is 1.27. The summed E-state index contributed by atoms with van der Waals surface area (Å²) in [5, 5.41) is 4.73. The third-order valence-corrected chi connectivity index (χ3v) is 4.58. The molecule has 0 radical (unpaired) electrons. The fourth-order valence-corrected chi connectivity index (χ4v) is 3.53. The van der Waals surface area contributed by atoms with E-state index in [4.69, 9.17) is 4.74 Å². The predicted molar refractivity (Wildman–Crippen MR) is 78.2 cm³/mol. The molecule has 7 heteroatoms. The second kappa shape index (κ2) is 5.93. The molecule has 2 aromatic rings. The number of hydrogen-bond donors (Lipinski definition) is 0. The maximum absolute atomic E-state index is 11.8. The molecule has 0 amide bonds. The maximum atomic E-state index is 11.8. The lowest BCUT2D eigenvalue weighted by Crippen LogP contribution is -2.14. The van der Waals surface area contributed by atoms with Crippen molar-refractivity contribution in [2.45, 2.75) is 45.6 Å². The zero-order chi connectivity index (χ0) is 14.8. The largest absolute Gasteiger partial charge is 0.458 e. The minimum absolute atomic E-state index is 0.109. The van der Waals surface area contributed by atoms with Crippen molar-refractivity contribution in [2.75, 3.05) is 0 Å². The van der Waals surface area contributed by atoms with E-state index in [0.717, 1.165) is 12.8 Å². The van der Waals surface area contributed by atoms with Gasteiger partial charge in [-0.2, -0.15) is 9.61 Å². The molecule has 0 atom stereocenters. The summed E-state index contributed by atoms with van der Waals surface area (Å²) in [4.78, 5) is 28.3. The van der Waals surface area contributed by atoms with Crippen LogP contribution in [0.3, 0.4) is 0 Å². The Balaban J connectivity index is 1.63. The molecule has 0 unspecified atom stereocenters. The highest BCUT2D eigenvalue weighted by Crippen LogP contribution is 2.27. The smallest absolute Gasteiger partial charge is 0.306 e. The highest BCUT2D eigenvalue weighted by Gasteiger charge is 2.19. The molecule has 0 saturated heterocycles. The van der Waals surface area contributed by atoms with Gasteiger partial charge in [-0.3, -0.25) is 9.59 Å². The summed E-state index contributed by atoms with van der Waals surface area (Å²) in [7, 11) is 0. The van der Waals surface area contributed by atoms with Crippen LogP contribution in [0, 0.1) is 12.8 Å². The summed E-state index contributed by atoms with van der Waals surface area (Å²) in [5.41, 5.74) is 0.450. The molecule has 1 aliphatic rings. The van der Waals surface area contributed by atoms with Crippen LogP contribution >= 0.6 is 11.3 Å². The van der Waals surface area contributed by atoms with E-state index in [9.17, 15) is 9.59 Å². The molecule has 1 saturated carbocycles. The van der Waals surface area contributed by atoms with Gasteiger partial charge in [0.25, 0.3) is 5.56 Å². The van der Waals surface area contributed by atoms with Crippen LogP contribution in [-0.4, -0.2) is 20.6 Å². The zero-order valence-corrected chi connectivity index (χ0v) is 12.7. The van der Waals surface area contributed by atoms with Gasteiger partial charge < -0.3 is 4.74 Å². The van der Waals surface area contributed by atoms with E-state index in [-0.39, 0.29) is 18.1 Å². The van der Waals surface area contributed by atoms with Gasteiger partial charge in [-0.05, 0) is 25.7 Å². The highest BCUT2D eigenvalue weighted by molar-refractivity contribution is 7.16. The van der Waals surface area contributed by atoms with Crippen LogP contribution in [0.15, 0.2) is 10.9 Å². The normalized spacial score (nSPS) is 15.7. The van der Waals surface area contributed by atoms with E-state index in [2.05, 4.69) is 10.1 Å². The van der Waals surface area contributed by atoms with Crippen molar-refractivity contribution in [2.24, 2.45) is 5.92 Å². The molecule has 0 N–H and O–H groups in total. The van der Waals surface area contributed by atoms with Crippen molar-refractivity contribution >= 4 is 22.3 Å². The van der Waals surface area contributed by atoms with Crippen molar-refractivity contribution in [3.05, 3.63) is 27.1 Å². The average molecular weight is 307 g/mol. The van der Waals surface area contributed by atoms with E-state index in [0.29, 0.717) is 28.0 Å². The number of carbonyl (C=O) groups is 1. The van der Waals surface area contributed by atoms with Crippen LogP contribution < -0.4 is 5.56 Å². The molecule has 2 aromatic heterocycles. The number of aryl methyl sites for hydroxylation is 1. The monoisotopic (exact) mass is 307 g/mol. The molecular weight excluding hydrogens is 290 g/mol. The summed E-state index contributed by atoms with van der Waals surface area (Å²) in [6.45, 7) is 1.88. The summed E-state index contributed by atoms with van der Waals surface area (Å²) in [6.07, 6.45) is 5.15. The van der Waals surface area contributed by atoms with Crippen molar-refractivity contribution in [3.63, 3.8) is 0 Å². The van der Waals surface area contributed by atoms with Crippen molar-refractivity contribution in [1.82, 2.24) is 14.6 Å². The van der Waals surface area contributed by atoms with Gasteiger partial charge in [0.1, 0.15) is 6.61 Å². The van der Waals surface area contributed by atoms with Crippen LogP contribution in [0.1, 0.15) is 42.8 Å². The first-order valence-corrected chi connectivity index (χ1v) is 7.95. The molecule has 112 valence electrons. The van der Waals surface area contributed by atoms with Gasteiger partial charge in [0.15, 0.2) is 5.01 Å². The van der Waals surface area contributed by atoms with Gasteiger partial charge in [-0.15, -0.1) is 0 Å². The molecule has 21 heavy (non-hydrogen) atoms. The first kappa shape index (κ1) is 14.2. The molecule has 2 heterocycles. The Morgan fingerprint density at radius 3 is 3.00 bits per heavy atom. The molecule has 3 rings (SSSR count). The lowest BCUT2D eigenvalue weighted by molar-refractivity contribution is -0.146. The van der Waals surface area contributed by atoms with Crippen LogP contribution in [0.4, 0.5) is 0 Å². The minimum Gasteiger partial charge on any atom is -0.458 e. The van der Waals surface area contributed by atoms with Crippen molar-refractivity contribution in [3.8, 4) is 0 Å². The van der Waals surface area contributed by atoms with E-state index < -0.39 is 0 Å². The standard InChI is InChI=1S/C14H17N3O3S/c1-9-6-12(18)17-14(15-9)21-11(16-17)8-20-13(19)7-10-4-2-3-5-10/h6,10H,2-5,7-8H2,1H3. The molecule has 0 bridgehead atoms. The van der Waals surface area contributed by atoms with E-state index >= 15 is 0 Å².